The van der Waals surface area contributed by atoms with Crippen molar-refractivity contribution >= 4 is 11.9 Å². The van der Waals surface area contributed by atoms with Gasteiger partial charge in [-0.05, 0) is 29.8 Å². The second kappa shape index (κ2) is 6.71. The van der Waals surface area contributed by atoms with Crippen molar-refractivity contribution in [1.29, 1.82) is 0 Å². The molecular weight excluding hydrogens is 302 g/mol. The van der Waals surface area contributed by atoms with Crippen molar-refractivity contribution < 1.29 is 14.3 Å². The van der Waals surface area contributed by atoms with E-state index in [2.05, 4.69) is 11.6 Å². The molecule has 1 heterocycles. The maximum atomic E-state index is 12.6. The third-order valence-electron chi connectivity index (χ3n) is 4.04. The molecule has 0 unspecified atom stereocenters. The van der Waals surface area contributed by atoms with Gasteiger partial charge >= 0.3 is 5.97 Å². The molecule has 0 N–H and O–H groups in total. The van der Waals surface area contributed by atoms with Gasteiger partial charge in [-0.25, -0.2) is 9.79 Å². The number of hydrogen-bond acceptors (Lipinski definition) is 4. The van der Waals surface area contributed by atoms with Crippen molar-refractivity contribution in [2.24, 2.45) is 4.99 Å². The molecule has 0 saturated heterocycles. The molecule has 0 saturated carbocycles. The van der Waals surface area contributed by atoms with Gasteiger partial charge < -0.3 is 9.47 Å². The molecule has 1 aliphatic rings. The Kier molecular flexibility index (Phi) is 4.47. The van der Waals surface area contributed by atoms with Gasteiger partial charge in [-0.3, -0.25) is 0 Å². The Labute approximate surface area is 141 Å². The number of aliphatic imine (C=N–C) groups is 1. The second-order valence-electron chi connectivity index (χ2n) is 5.72. The molecule has 0 fully saturated rings. The van der Waals surface area contributed by atoms with E-state index in [1.165, 1.54) is 0 Å². The summed E-state index contributed by atoms with van der Waals surface area (Å²) >= 11 is 0. The zero-order valence-electron chi connectivity index (χ0n) is 13.6. The van der Waals surface area contributed by atoms with Crippen LogP contribution in [0.3, 0.4) is 0 Å². The Morgan fingerprint density at radius 1 is 1.17 bits per heavy atom. The largest absolute Gasteiger partial charge is 0.497 e. The van der Waals surface area contributed by atoms with Crippen LogP contribution < -0.4 is 4.74 Å². The lowest BCUT2D eigenvalue weighted by atomic mass is 9.88. The number of benzene rings is 2. The minimum atomic E-state index is -0.946. The van der Waals surface area contributed by atoms with Gasteiger partial charge in [-0.1, -0.05) is 36.4 Å². The van der Waals surface area contributed by atoms with Crippen LogP contribution in [0.15, 0.2) is 72.2 Å². The van der Waals surface area contributed by atoms with Gasteiger partial charge in [0.05, 0.1) is 7.11 Å². The number of nitrogens with zero attached hydrogens (tertiary/aromatic N) is 1. The summed E-state index contributed by atoms with van der Waals surface area (Å²) < 4.78 is 10.6. The predicted molar refractivity (Wildman–Crippen MR) is 93.3 cm³/mol. The molecule has 0 radical (unpaired) electrons. The van der Waals surface area contributed by atoms with Gasteiger partial charge in [0.15, 0.2) is 5.54 Å². The van der Waals surface area contributed by atoms with E-state index in [-0.39, 0.29) is 5.97 Å². The maximum Gasteiger partial charge on any atom is 0.341 e. The highest BCUT2D eigenvalue weighted by atomic mass is 16.6. The van der Waals surface area contributed by atoms with Crippen molar-refractivity contribution in [1.82, 2.24) is 0 Å². The average molecular weight is 321 g/mol. The van der Waals surface area contributed by atoms with E-state index in [9.17, 15) is 4.79 Å². The van der Waals surface area contributed by atoms with Crippen LogP contribution in [0.5, 0.6) is 5.75 Å². The molecule has 4 heteroatoms. The highest BCUT2D eigenvalue weighted by Crippen LogP contribution is 2.31. The highest BCUT2D eigenvalue weighted by molar-refractivity contribution is 6.08. The molecule has 24 heavy (non-hydrogen) atoms. The Bertz CT molecular complexity index is 765. The molecule has 0 aromatic heterocycles. The van der Waals surface area contributed by atoms with E-state index in [1.54, 1.807) is 13.2 Å². The Hall–Kier alpha value is -2.88. The van der Waals surface area contributed by atoms with E-state index < -0.39 is 5.54 Å². The molecule has 0 aliphatic carbocycles. The lowest BCUT2D eigenvalue weighted by Gasteiger charge is -2.20. The predicted octanol–water partition coefficient (Wildman–Crippen LogP) is 3.56. The average Bonchev–Trinajstić information content (AvgIpc) is 2.93. The summed E-state index contributed by atoms with van der Waals surface area (Å²) in [5.74, 6) is 0.753. The summed E-state index contributed by atoms with van der Waals surface area (Å²) in [7, 11) is 1.61. The van der Waals surface area contributed by atoms with Gasteiger partial charge in [0.2, 0.25) is 5.90 Å². The number of rotatable bonds is 6. The molecule has 0 spiro atoms. The fourth-order valence-electron chi connectivity index (χ4n) is 2.79. The van der Waals surface area contributed by atoms with Gasteiger partial charge in [-0.2, -0.15) is 0 Å². The number of carbonyl (C=O) groups excluding carboxylic acids is 1. The first kappa shape index (κ1) is 16.0. The third-order valence-corrected chi connectivity index (χ3v) is 4.04. The number of esters is 1. The van der Waals surface area contributed by atoms with E-state index in [0.717, 1.165) is 16.9 Å². The summed E-state index contributed by atoms with van der Waals surface area (Å²) in [4.78, 5) is 17.2. The van der Waals surface area contributed by atoms with Gasteiger partial charge in [0, 0.05) is 18.4 Å². The van der Waals surface area contributed by atoms with E-state index in [4.69, 9.17) is 9.47 Å². The normalized spacial score (nSPS) is 19.5. The van der Waals surface area contributed by atoms with Crippen LogP contribution in [0.25, 0.3) is 0 Å². The number of carbonyl (C=O) groups is 1. The van der Waals surface area contributed by atoms with Crippen molar-refractivity contribution in [2.45, 2.75) is 18.4 Å². The lowest BCUT2D eigenvalue weighted by molar-refractivity contribution is -0.138. The van der Waals surface area contributed by atoms with Crippen LogP contribution in [0.1, 0.15) is 17.5 Å². The summed E-state index contributed by atoms with van der Waals surface area (Å²) in [6.45, 7) is 3.77. The van der Waals surface area contributed by atoms with Crippen molar-refractivity contribution in [2.75, 3.05) is 7.11 Å². The second-order valence-corrected chi connectivity index (χ2v) is 5.72. The smallest absolute Gasteiger partial charge is 0.341 e. The monoisotopic (exact) mass is 321 g/mol. The topological polar surface area (TPSA) is 47.9 Å². The first-order valence-electron chi connectivity index (χ1n) is 7.78. The Morgan fingerprint density at radius 3 is 2.50 bits per heavy atom. The van der Waals surface area contributed by atoms with Crippen LogP contribution in [-0.4, -0.2) is 24.5 Å². The molecule has 3 rings (SSSR count). The van der Waals surface area contributed by atoms with Crippen LogP contribution in [0.4, 0.5) is 0 Å². The zero-order valence-corrected chi connectivity index (χ0v) is 13.6. The highest BCUT2D eigenvalue weighted by Gasteiger charge is 2.45. The third kappa shape index (κ3) is 3.08. The molecule has 0 amide bonds. The minimum absolute atomic E-state index is 0.336. The minimum Gasteiger partial charge on any atom is -0.497 e. The Morgan fingerprint density at radius 2 is 1.88 bits per heavy atom. The summed E-state index contributed by atoms with van der Waals surface area (Å²) in [5.41, 5.74) is 0.845. The van der Waals surface area contributed by atoms with Gasteiger partial charge in [-0.15, -0.1) is 6.58 Å². The standard InChI is InChI=1S/C20H19NO3/c1-3-13-20(14-15-7-5-4-6-8-15)19(22)24-18(21-20)16-9-11-17(23-2)12-10-16/h3-12H,1,13-14H2,2H3/t20-/m0/s1. The first-order valence-corrected chi connectivity index (χ1v) is 7.78. The molecule has 122 valence electrons. The van der Waals surface area contributed by atoms with E-state index in [0.29, 0.717) is 18.7 Å². The zero-order chi connectivity index (χ0) is 17.0. The molecule has 1 aliphatic heterocycles. The number of ether oxygens (including phenoxy) is 2. The maximum absolute atomic E-state index is 12.6. The summed E-state index contributed by atoms with van der Waals surface area (Å²) in [5, 5.41) is 0. The molecule has 1 atom stereocenters. The van der Waals surface area contributed by atoms with Crippen molar-refractivity contribution in [3.8, 4) is 5.75 Å². The summed E-state index contributed by atoms with van der Waals surface area (Å²) in [6, 6.07) is 17.1. The van der Waals surface area contributed by atoms with Crippen molar-refractivity contribution in [3.05, 3.63) is 78.4 Å². The number of methoxy groups -OCH3 is 1. The SMILES string of the molecule is C=CC[C@@]1(Cc2ccccc2)N=C(c2ccc(OC)cc2)OC1=O. The Balaban J connectivity index is 1.94. The van der Waals surface area contributed by atoms with Crippen molar-refractivity contribution in [3.63, 3.8) is 0 Å². The van der Waals surface area contributed by atoms with Crippen LogP contribution in [0.2, 0.25) is 0 Å². The molecule has 2 aromatic rings. The summed E-state index contributed by atoms with van der Waals surface area (Å²) in [6.07, 6.45) is 2.63. The van der Waals surface area contributed by atoms with Crippen LogP contribution >= 0.6 is 0 Å². The number of hydrogen-bond donors (Lipinski definition) is 0. The van der Waals surface area contributed by atoms with E-state index >= 15 is 0 Å². The fraction of sp³-hybridized carbons (Fsp3) is 0.200. The molecule has 4 nitrogen and oxygen atoms in total. The van der Waals surface area contributed by atoms with Gasteiger partial charge in [0.25, 0.3) is 0 Å². The van der Waals surface area contributed by atoms with E-state index in [1.807, 2.05) is 54.6 Å². The lowest BCUT2D eigenvalue weighted by Crippen LogP contribution is -2.35. The number of cyclic esters (lactones) is 1. The quantitative estimate of drug-likeness (QED) is 0.604. The fourth-order valence-corrected chi connectivity index (χ4v) is 2.79. The first-order chi connectivity index (χ1) is 11.7. The molecule has 2 aromatic carbocycles. The molecule has 0 bridgehead atoms. The van der Waals surface area contributed by atoms with Crippen LogP contribution in [-0.2, 0) is 16.0 Å². The van der Waals surface area contributed by atoms with Crippen LogP contribution in [0, 0.1) is 0 Å². The molecular formula is C20H19NO3. The van der Waals surface area contributed by atoms with Gasteiger partial charge in [0.1, 0.15) is 5.75 Å².